The number of amides is 6. The maximum atomic E-state index is 13.0. The molecular weight excluding hydrogens is 490 g/mol. The van der Waals surface area contributed by atoms with Gasteiger partial charge < -0.3 is 10.1 Å². The molecule has 0 aliphatic carbocycles. The van der Waals surface area contributed by atoms with Crippen LogP contribution in [0.5, 0.6) is 5.75 Å². The number of barbiturate groups is 1. The number of urea groups is 1. The van der Waals surface area contributed by atoms with Gasteiger partial charge in [-0.2, -0.15) is 5.10 Å². The van der Waals surface area contributed by atoms with Gasteiger partial charge in [0.15, 0.2) is 5.92 Å². The summed E-state index contributed by atoms with van der Waals surface area (Å²) in [6.07, 6.45) is 0.945. The molecule has 1 aliphatic rings. The van der Waals surface area contributed by atoms with Crippen LogP contribution >= 0.6 is 0 Å². The highest BCUT2D eigenvalue weighted by Gasteiger charge is 2.41. The second-order valence-electron chi connectivity index (χ2n) is 8.24. The lowest BCUT2D eigenvalue weighted by molar-refractivity contribution is -0.131. The van der Waals surface area contributed by atoms with Crippen molar-refractivity contribution < 1.29 is 28.7 Å². The molecule has 6 amide bonds. The lowest BCUT2D eigenvalue weighted by atomic mass is 10.1. The number of rotatable bonds is 7. The molecular formula is C27H23N5O6. The molecule has 3 N–H and O–H groups in total. The van der Waals surface area contributed by atoms with E-state index in [1.165, 1.54) is 25.3 Å². The van der Waals surface area contributed by atoms with Crippen LogP contribution in [-0.4, -0.2) is 43.0 Å². The van der Waals surface area contributed by atoms with Gasteiger partial charge in [0, 0.05) is 23.0 Å². The van der Waals surface area contributed by atoms with Crippen molar-refractivity contribution in [1.82, 2.24) is 10.7 Å². The largest absolute Gasteiger partial charge is 0.495 e. The average Bonchev–Trinajstić information content (AvgIpc) is 2.91. The number of ether oxygens (including phenoxy) is 1. The van der Waals surface area contributed by atoms with Gasteiger partial charge >= 0.3 is 6.03 Å². The van der Waals surface area contributed by atoms with Crippen LogP contribution in [0.15, 0.2) is 77.9 Å². The molecule has 38 heavy (non-hydrogen) atoms. The monoisotopic (exact) mass is 513 g/mol. The van der Waals surface area contributed by atoms with E-state index < -0.39 is 29.7 Å². The number of hydrazone groups is 1. The van der Waals surface area contributed by atoms with Crippen LogP contribution in [0.3, 0.4) is 0 Å². The van der Waals surface area contributed by atoms with Gasteiger partial charge in [-0.05, 0) is 55.5 Å². The average molecular weight is 514 g/mol. The minimum atomic E-state index is -1.46. The molecule has 1 saturated heterocycles. The Balaban J connectivity index is 1.40. The van der Waals surface area contributed by atoms with Crippen molar-refractivity contribution >= 4 is 47.2 Å². The lowest BCUT2D eigenvalue weighted by Crippen LogP contribution is -2.58. The molecule has 0 unspecified atom stereocenters. The SMILES string of the molecule is COc1ccccc1N1C(=O)NC(=O)[C@H](/C=N\NC(=O)c2ccc(NC(=O)c3cccc(C)c3)cc2)C1=O. The smallest absolute Gasteiger partial charge is 0.335 e. The number of benzene rings is 3. The fourth-order valence-corrected chi connectivity index (χ4v) is 3.69. The third kappa shape index (κ3) is 5.57. The quantitative estimate of drug-likeness (QED) is 0.252. The van der Waals surface area contributed by atoms with Crippen molar-refractivity contribution in [1.29, 1.82) is 0 Å². The fraction of sp³-hybridized carbons (Fsp3) is 0.111. The Morgan fingerprint density at radius 1 is 0.947 bits per heavy atom. The van der Waals surface area contributed by atoms with Gasteiger partial charge in [-0.1, -0.05) is 29.8 Å². The molecule has 0 saturated carbocycles. The normalized spacial score (nSPS) is 15.3. The maximum Gasteiger partial charge on any atom is 0.335 e. The highest BCUT2D eigenvalue weighted by atomic mass is 16.5. The minimum absolute atomic E-state index is 0.155. The predicted molar refractivity (Wildman–Crippen MR) is 139 cm³/mol. The molecule has 0 spiro atoms. The first-order valence-corrected chi connectivity index (χ1v) is 11.4. The molecule has 4 rings (SSSR count). The van der Waals surface area contributed by atoms with Gasteiger partial charge in [0.2, 0.25) is 5.91 Å². The first-order valence-electron chi connectivity index (χ1n) is 11.4. The van der Waals surface area contributed by atoms with Crippen molar-refractivity contribution in [2.45, 2.75) is 6.92 Å². The number of nitrogens with zero attached hydrogens (tertiary/aromatic N) is 2. The summed E-state index contributed by atoms with van der Waals surface area (Å²) in [5.41, 5.74) is 4.58. The number of hydrogen-bond donors (Lipinski definition) is 3. The number of imide groups is 2. The number of hydrogen-bond acceptors (Lipinski definition) is 7. The standard InChI is InChI=1S/C27H23N5O6/c1-16-6-5-7-18(14-16)23(33)29-19-12-10-17(11-13-19)24(34)31-28-15-20-25(35)30-27(37)32(26(20)36)21-8-3-4-9-22(21)38-2/h3-15,20H,1-2H3,(H,29,33)(H,31,34)(H,30,35,37)/b28-15-/t20-/m0/s1. The van der Waals surface area contributed by atoms with Gasteiger partial charge in [-0.15, -0.1) is 0 Å². The van der Waals surface area contributed by atoms with Crippen LogP contribution in [0.4, 0.5) is 16.2 Å². The van der Waals surface area contributed by atoms with E-state index in [1.807, 2.05) is 13.0 Å². The highest BCUT2D eigenvalue weighted by Crippen LogP contribution is 2.30. The summed E-state index contributed by atoms with van der Waals surface area (Å²) >= 11 is 0. The van der Waals surface area contributed by atoms with E-state index in [2.05, 4.69) is 21.2 Å². The van der Waals surface area contributed by atoms with Gasteiger partial charge in [0.25, 0.3) is 17.7 Å². The van der Waals surface area contributed by atoms with Crippen LogP contribution in [0, 0.1) is 12.8 Å². The zero-order valence-corrected chi connectivity index (χ0v) is 20.4. The minimum Gasteiger partial charge on any atom is -0.495 e. The Morgan fingerprint density at radius 3 is 2.39 bits per heavy atom. The van der Waals surface area contributed by atoms with Gasteiger partial charge in [0.05, 0.1) is 12.8 Å². The van der Waals surface area contributed by atoms with Crippen LogP contribution in [0.2, 0.25) is 0 Å². The first-order chi connectivity index (χ1) is 18.3. The molecule has 0 aromatic heterocycles. The Bertz CT molecular complexity index is 1450. The molecule has 1 aliphatic heterocycles. The summed E-state index contributed by atoms with van der Waals surface area (Å²) in [5, 5.41) is 8.59. The molecule has 3 aromatic carbocycles. The molecule has 192 valence electrons. The topological polar surface area (TPSA) is 146 Å². The summed E-state index contributed by atoms with van der Waals surface area (Å²) in [5.74, 6) is -3.83. The van der Waals surface area contributed by atoms with Crippen LogP contribution in [0.1, 0.15) is 26.3 Å². The second kappa shape index (κ2) is 11.2. The van der Waals surface area contributed by atoms with Crippen molar-refractivity contribution in [3.8, 4) is 5.75 Å². The molecule has 1 fully saturated rings. The summed E-state index contributed by atoms with van der Waals surface area (Å²) in [7, 11) is 1.38. The predicted octanol–water partition coefficient (Wildman–Crippen LogP) is 2.87. The van der Waals surface area contributed by atoms with Crippen LogP contribution in [-0.2, 0) is 9.59 Å². The van der Waals surface area contributed by atoms with Crippen molar-refractivity contribution in [3.05, 3.63) is 89.5 Å². The number of carbonyl (C=O) groups is 5. The Kier molecular flexibility index (Phi) is 7.57. The molecule has 11 heteroatoms. The molecule has 1 heterocycles. The highest BCUT2D eigenvalue weighted by molar-refractivity contribution is 6.33. The van der Waals surface area contributed by atoms with E-state index in [0.717, 1.165) is 16.7 Å². The number of anilines is 2. The number of aryl methyl sites for hydroxylation is 1. The summed E-state index contributed by atoms with van der Waals surface area (Å²) < 4.78 is 5.20. The Morgan fingerprint density at radius 2 is 1.68 bits per heavy atom. The van der Waals surface area contributed by atoms with Crippen LogP contribution < -0.4 is 25.7 Å². The summed E-state index contributed by atoms with van der Waals surface area (Å²) in [6, 6.07) is 18.6. The van der Waals surface area contributed by atoms with Crippen molar-refractivity contribution in [3.63, 3.8) is 0 Å². The molecule has 11 nitrogen and oxygen atoms in total. The number of nitrogens with one attached hydrogen (secondary N) is 3. The van der Waals surface area contributed by atoms with E-state index in [9.17, 15) is 24.0 Å². The van der Waals surface area contributed by atoms with E-state index in [1.54, 1.807) is 48.5 Å². The van der Waals surface area contributed by atoms with E-state index >= 15 is 0 Å². The molecule has 3 aromatic rings. The van der Waals surface area contributed by atoms with Crippen molar-refractivity contribution in [2.75, 3.05) is 17.3 Å². The third-order valence-electron chi connectivity index (χ3n) is 5.60. The number of carbonyl (C=O) groups excluding carboxylic acids is 5. The molecule has 0 radical (unpaired) electrons. The fourth-order valence-electron chi connectivity index (χ4n) is 3.69. The van der Waals surface area contributed by atoms with Gasteiger partial charge in [0.1, 0.15) is 5.75 Å². The number of methoxy groups -OCH3 is 1. The van der Waals surface area contributed by atoms with Crippen molar-refractivity contribution in [2.24, 2.45) is 11.0 Å². The molecule has 1 atom stereocenters. The zero-order chi connectivity index (χ0) is 27.2. The maximum absolute atomic E-state index is 13.0. The number of para-hydroxylation sites is 2. The van der Waals surface area contributed by atoms with Crippen LogP contribution in [0.25, 0.3) is 0 Å². The Hall–Kier alpha value is -5.32. The van der Waals surface area contributed by atoms with E-state index in [0.29, 0.717) is 11.3 Å². The van der Waals surface area contributed by atoms with Gasteiger partial charge in [-0.3, -0.25) is 24.5 Å². The summed E-state index contributed by atoms with van der Waals surface area (Å²) in [6.45, 7) is 1.89. The molecule has 0 bridgehead atoms. The lowest BCUT2D eigenvalue weighted by Gasteiger charge is -2.29. The second-order valence-corrected chi connectivity index (χ2v) is 8.24. The first kappa shape index (κ1) is 25.8. The van der Waals surface area contributed by atoms with Gasteiger partial charge in [-0.25, -0.2) is 15.1 Å². The third-order valence-corrected chi connectivity index (χ3v) is 5.60. The van der Waals surface area contributed by atoms with E-state index in [4.69, 9.17) is 4.74 Å². The Labute approximate surface area is 217 Å². The summed E-state index contributed by atoms with van der Waals surface area (Å²) in [4.78, 5) is 63.3. The zero-order valence-electron chi connectivity index (χ0n) is 20.4. The van der Waals surface area contributed by atoms with E-state index in [-0.39, 0.29) is 22.9 Å².